The normalized spacial score (nSPS) is 17.9. The molecular formula is C25H27N5O7S. The van der Waals surface area contributed by atoms with Crippen molar-refractivity contribution in [2.24, 2.45) is 5.41 Å². The molecule has 0 saturated heterocycles. The van der Waals surface area contributed by atoms with Crippen molar-refractivity contribution in [3.8, 4) is 5.88 Å². The third kappa shape index (κ3) is 4.37. The van der Waals surface area contributed by atoms with Gasteiger partial charge >= 0.3 is 22.4 Å². The van der Waals surface area contributed by atoms with Gasteiger partial charge in [0.1, 0.15) is 6.61 Å². The molecule has 2 amide bonds. The van der Waals surface area contributed by atoms with Gasteiger partial charge in [0.2, 0.25) is 5.88 Å². The summed E-state index contributed by atoms with van der Waals surface area (Å²) < 4.78 is 39.2. The van der Waals surface area contributed by atoms with Crippen LogP contribution in [0.25, 0.3) is 11.0 Å². The predicted octanol–water partition coefficient (Wildman–Crippen LogP) is 3.88. The second kappa shape index (κ2) is 9.10. The molecule has 2 aromatic heterocycles. The van der Waals surface area contributed by atoms with Gasteiger partial charge in [0.25, 0.3) is 0 Å². The molecule has 2 N–H and O–H groups in total. The number of hydrogen-bond donors (Lipinski definition) is 2. The van der Waals surface area contributed by atoms with Gasteiger partial charge in [-0.2, -0.15) is 17.7 Å². The number of cyclic esters (lactones) is 1. The highest BCUT2D eigenvalue weighted by molar-refractivity contribution is 7.87. The number of fused-ring (bicyclic) bond motifs is 4. The average Bonchev–Trinajstić information content (AvgIpc) is 2.85. The van der Waals surface area contributed by atoms with Gasteiger partial charge in [0, 0.05) is 29.8 Å². The van der Waals surface area contributed by atoms with Crippen LogP contribution in [-0.2, 0) is 28.0 Å². The highest BCUT2D eigenvalue weighted by Crippen LogP contribution is 2.46. The van der Waals surface area contributed by atoms with Crippen molar-refractivity contribution in [2.45, 2.75) is 39.8 Å². The van der Waals surface area contributed by atoms with E-state index < -0.39 is 33.9 Å². The summed E-state index contributed by atoms with van der Waals surface area (Å²) in [4.78, 5) is 34.5. The summed E-state index contributed by atoms with van der Waals surface area (Å²) in [5.41, 5.74) is 3.31. The lowest BCUT2D eigenvalue weighted by Crippen LogP contribution is -2.50. The summed E-state index contributed by atoms with van der Waals surface area (Å²) in [5.74, 6) is 0.397. The topological polar surface area (TPSA) is 151 Å². The van der Waals surface area contributed by atoms with E-state index in [0.29, 0.717) is 40.3 Å². The Morgan fingerprint density at radius 1 is 1.21 bits per heavy atom. The van der Waals surface area contributed by atoms with E-state index in [1.807, 2.05) is 26.8 Å². The van der Waals surface area contributed by atoms with E-state index in [-0.39, 0.29) is 13.2 Å². The summed E-state index contributed by atoms with van der Waals surface area (Å²) in [6, 6.07) is 8.23. The maximum absolute atomic E-state index is 13.1. The molecule has 0 spiro atoms. The maximum Gasteiger partial charge on any atom is 0.419 e. The zero-order chi connectivity index (χ0) is 27.4. The second-order valence-corrected chi connectivity index (χ2v) is 11.8. The number of methoxy groups -OCH3 is 1. The van der Waals surface area contributed by atoms with Crippen LogP contribution in [0.1, 0.15) is 43.5 Å². The zero-order valence-electron chi connectivity index (χ0n) is 21.3. The first-order valence-corrected chi connectivity index (χ1v) is 13.3. The van der Waals surface area contributed by atoms with Gasteiger partial charge in [-0.1, -0.05) is 26.8 Å². The van der Waals surface area contributed by atoms with Gasteiger partial charge in [-0.3, -0.25) is 0 Å². The van der Waals surface area contributed by atoms with Crippen LogP contribution in [0.2, 0.25) is 0 Å². The highest BCUT2D eigenvalue weighted by Gasteiger charge is 2.43. The summed E-state index contributed by atoms with van der Waals surface area (Å²) in [5, 5.41) is 9.73. The number of rotatable bonds is 4. The largest absolute Gasteiger partial charge is 0.481 e. The number of carbonyl (C=O) groups is 2. The van der Waals surface area contributed by atoms with E-state index in [4.69, 9.17) is 14.6 Å². The maximum atomic E-state index is 13.1. The van der Waals surface area contributed by atoms with Crippen molar-refractivity contribution in [1.82, 2.24) is 19.0 Å². The van der Waals surface area contributed by atoms with Gasteiger partial charge in [-0.05, 0) is 41.2 Å². The monoisotopic (exact) mass is 541 g/mol. The molecule has 1 aromatic carbocycles. The quantitative estimate of drug-likeness (QED) is 0.501. The Balaban J connectivity index is 1.62. The molecule has 13 heteroatoms. The Hall–Kier alpha value is -3.97. The minimum absolute atomic E-state index is 0.0681. The van der Waals surface area contributed by atoms with E-state index in [2.05, 4.69) is 9.97 Å². The molecule has 12 nitrogen and oxygen atoms in total. The zero-order valence-corrected chi connectivity index (χ0v) is 22.1. The molecule has 0 saturated carbocycles. The Morgan fingerprint density at radius 3 is 2.66 bits per heavy atom. The second-order valence-electron chi connectivity index (χ2n) is 10.2. The molecule has 5 rings (SSSR count). The fourth-order valence-electron chi connectivity index (χ4n) is 5.16. The van der Waals surface area contributed by atoms with Crippen molar-refractivity contribution < 1.29 is 32.6 Å². The third-order valence-electron chi connectivity index (χ3n) is 6.63. The molecule has 38 heavy (non-hydrogen) atoms. The minimum atomic E-state index is -4.29. The van der Waals surface area contributed by atoms with Crippen molar-refractivity contribution in [2.75, 3.05) is 18.6 Å². The number of carbonyl (C=O) groups excluding carboxylic acids is 1. The van der Waals surface area contributed by atoms with Crippen LogP contribution in [0.5, 0.6) is 5.88 Å². The SMILES string of the molecule is COc1ccc2c3c(cnc2n1)COC(=O)N3c1ccc2c(c1)CCN(S(=O)(=O)NC(=O)O)C2C(C)(C)C. The lowest BCUT2D eigenvalue weighted by atomic mass is 9.78. The van der Waals surface area contributed by atoms with Crippen LogP contribution in [0.4, 0.5) is 21.0 Å². The molecule has 0 bridgehead atoms. The van der Waals surface area contributed by atoms with Crippen LogP contribution in [0.15, 0.2) is 36.5 Å². The van der Waals surface area contributed by atoms with Crippen molar-refractivity contribution in [3.63, 3.8) is 0 Å². The summed E-state index contributed by atoms with van der Waals surface area (Å²) in [6.45, 7) is 5.81. The van der Waals surface area contributed by atoms with Crippen molar-refractivity contribution in [3.05, 3.63) is 53.2 Å². The van der Waals surface area contributed by atoms with Gasteiger partial charge in [0.15, 0.2) is 5.65 Å². The van der Waals surface area contributed by atoms with Crippen molar-refractivity contribution in [1.29, 1.82) is 0 Å². The molecule has 0 fully saturated rings. The van der Waals surface area contributed by atoms with Gasteiger partial charge in [0.05, 0.1) is 24.5 Å². The van der Waals surface area contributed by atoms with Crippen LogP contribution in [0, 0.1) is 5.41 Å². The van der Waals surface area contributed by atoms with E-state index in [1.54, 1.807) is 35.2 Å². The Morgan fingerprint density at radius 2 is 1.97 bits per heavy atom. The summed E-state index contributed by atoms with van der Waals surface area (Å²) in [6.07, 6.45) is -0.258. The third-order valence-corrected chi connectivity index (χ3v) is 8.08. The molecule has 2 aliphatic rings. The summed E-state index contributed by atoms with van der Waals surface area (Å²) in [7, 11) is -2.78. The number of pyridine rings is 2. The number of nitrogens with one attached hydrogen (secondary N) is 1. The van der Waals surface area contributed by atoms with E-state index in [0.717, 1.165) is 11.1 Å². The fourth-order valence-corrected chi connectivity index (χ4v) is 6.53. The number of anilines is 2. The van der Waals surface area contributed by atoms with Crippen LogP contribution in [0.3, 0.4) is 0 Å². The molecule has 1 atom stereocenters. The highest BCUT2D eigenvalue weighted by atomic mass is 32.2. The first kappa shape index (κ1) is 25.7. The Labute approximate surface area is 219 Å². The number of benzene rings is 1. The fraction of sp³-hybridized carbons (Fsp3) is 0.360. The lowest BCUT2D eigenvalue weighted by molar-refractivity contribution is 0.145. The van der Waals surface area contributed by atoms with Crippen LogP contribution >= 0.6 is 0 Å². The lowest BCUT2D eigenvalue weighted by Gasteiger charge is -2.43. The molecule has 4 heterocycles. The van der Waals surface area contributed by atoms with Crippen LogP contribution < -0.4 is 14.4 Å². The van der Waals surface area contributed by atoms with E-state index in [9.17, 15) is 18.0 Å². The number of amides is 2. The number of nitrogens with zero attached hydrogens (tertiary/aromatic N) is 4. The molecule has 0 radical (unpaired) electrons. The smallest absolute Gasteiger partial charge is 0.419 e. The van der Waals surface area contributed by atoms with E-state index in [1.165, 1.54) is 16.3 Å². The number of hydrogen-bond acceptors (Lipinski definition) is 8. The minimum Gasteiger partial charge on any atom is -0.481 e. The number of ether oxygens (including phenoxy) is 2. The van der Waals surface area contributed by atoms with Gasteiger partial charge in [-0.15, -0.1) is 0 Å². The number of carboxylic acid groups (broad SMARTS) is 1. The standard InChI is InChI=1S/C25H27N5O7S/c1-25(2,3)21-17-6-5-16(11-14(17)9-10-29(21)38(34,35)28-23(31)32)30-20-15(13-37-24(30)33)12-26-22-18(20)7-8-19(27-22)36-4/h5-8,11-12,21,28H,9-10,13H2,1-4H3,(H,31,32). The van der Waals surface area contributed by atoms with Gasteiger partial charge < -0.3 is 14.6 Å². The molecule has 2 aliphatic heterocycles. The van der Waals surface area contributed by atoms with Crippen molar-refractivity contribution >= 4 is 44.8 Å². The molecule has 3 aromatic rings. The first-order valence-electron chi connectivity index (χ1n) is 11.9. The predicted molar refractivity (Wildman–Crippen MR) is 138 cm³/mol. The Kier molecular flexibility index (Phi) is 6.15. The Bertz CT molecular complexity index is 1570. The first-order chi connectivity index (χ1) is 17.9. The number of aromatic nitrogens is 2. The van der Waals surface area contributed by atoms with Crippen LogP contribution in [-0.4, -0.2) is 53.6 Å². The molecule has 1 unspecified atom stereocenters. The molecule has 200 valence electrons. The average molecular weight is 542 g/mol. The van der Waals surface area contributed by atoms with E-state index >= 15 is 0 Å². The molecular weight excluding hydrogens is 514 g/mol. The van der Waals surface area contributed by atoms with Gasteiger partial charge in [-0.25, -0.2) is 24.2 Å². The molecule has 0 aliphatic carbocycles. The summed E-state index contributed by atoms with van der Waals surface area (Å²) >= 11 is 0.